The zero-order chi connectivity index (χ0) is 9.19. The molecule has 1 heterocycles. The minimum absolute atomic E-state index is 0.178. The van der Waals surface area contributed by atoms with Gasteiger partial charge in [0.1, 0.15) is 5.60 Å². The van der Waals surface area contributed by atoms with Gasteiger partial charge in [-0.05, 0) is 12.3 Å². The third-order valence-electron chi connectivity index (χ3n) is 2.68. The van der Waals surface area contributed by atoms with E-state index in [-0.39, 0.29) is 11.4 Å². The predicted molar refractivity (Wildman–Crippen MR) is 47.7 cm³/mol. The Morgan fingerprint density at radius 3 is 2.67 bits per heavy atom. The lowest BCUT2D eigenvalue weighted by Crippen LogP contribution is -2.40. The van der Waals surface area contributed by atoms with Crippen LogP contribution in [0.4, 0.5) is 0 Å². The minimum atomic E-state index is -0.244. The van der Waals surface area contributed by atoms with Crippen LogP contribution in [0.5, 0.6) is 0 Å². The van der Waals surface area contributed by atoms with E-state index in [1.54, 1.807) is 0 Å². The summed E-state index contributed by atoms with van der Waals surface area (Å²) in [6, 6.07) is 0. The standard InChI is InChI=1S/C10H16O2/c1-4-10(8(2)3)7-9(11)5-6-12-10/h5-6,8H,4,7H2,1-3H3. The minimum Gasteiger partial charge on any atom is -0.494 e. The van der Waals surface area contributed by atoms with Gasteiger partial charge >= 0.3 is 0 Å². The molecular weight excluding hydrogens is 152 g/mol. The van der Waals surface area contributed by atoms with E-state index in [0.29, 0.717) is 12.3 Å². The average molecular weight is 168 g/mol. The van der Waals surface area contributed by atoms with Crippen molar-refractivity contribution in [3.63, 3.8) is 0 Å². The largest absolute Gasteiger partial charge is 0.494 e. The van der Waals surface area contributed by atoms with Crippen LogP contribution < -0.4 is 0 Å². The van der Waals surface area contributed by atoms with E-state index in [1.165, 1.54) is 12.3 Å². The molecule has 12 heavy (non-hydrogen) atoms. The van der Waals surface area contributed by atoms with E-state index in [2.05, 4.69) is 20.8 Å². The number of carbonyl (C=O) groups excluding carboxylic acids is 1. The SMILES string of the molecule is CCC1(C(C)C)CC(=O)C=CO1. The first-order valence-corrected chi connectivity index (χ1v) is 4.48. The second-order valence-corrected chi connectivity index (χ2v) is 3.64. The number of hydrogen-bond acceptors (Lipinski definition) is 2. The molecular formula is C10H16O2. The van der Waals surface area contributed by atoms with Crippen LogP contribution in [0.15, 0.2) is 12.3 Å². The van der Waals surface area contributed by atoms with Gasteiger partial charge in [0.15, 0.2) is 5.78 Å². The second-order valence-electron chi connectivity index (χ2n) is 3.64. The Morgan fingerprint density at radius 2 is 2.33 bits per heavy atom. The lowest BCUT2D eigenvalue weighted by atomic mass is 9.82. The number of allylic oxidation sites excluding steroid dienone is 1. The Labute approximate surface area is 73.6 Å². The van der Waals surface area contributed by atoms with Crippen LogP contribution in [0.1, 0.15) is 33.6 Å². The topological polar surface area (TPSA) is 26.3 Å². The zero-order valence-corrected chi connectivity index (χ0v) is 7.96. The summed E-state index contributed by atoms with van der Waals surface area (Å²) in [5.74, 6) is 0.563. The van der Waals surface area contributed by atoms with E-state index in [0.717, 1.165) is 6.42 Å². The van der Waals surface area contributed by atoms with Gasteiger partial charge in [-0.25, -0.2) is 0 Å². The average Bonchev–Trinajstić information content (AvgIpc) is 2.04. The quantitative estimate of drug-likeness (QED) is 0.632. The smallest absolute Gasteiger partial charge is 0.162 e. The van der Waals surface area contributed by atoms with Crippen molar-refractivity contribution in [2.45, 2.75) is 39.2 Å². The van der Waals surface area contributed by atoms with Crippen molar-refractivity contribution in [3.8, 4) is 0 Å². The van der Waals surface area contributed by atoms with Gasteiger partial charge in [-0.2, -0.15) is 0 Å². The van der Waals surface area contributed by atoms with Gasteiger partial charge in [0.2, 0.25) is 0 Å². The fourth-order valence-corrected chi connectivity index (χ4v) is 1.60. The summed E-state index contributed by atoms with van der Waals surface area (Å²) >= 11 is 0. The highest BCUT2D eigenvalue weighted by Crippen LogP contribution is 2.32. The maximum Gasteiger partial charge on any atom is 0.162 e. The summed E-state index contributed by atoms with van der Waals surface area (Å²) in [6.45, 7) is 6.25. The third-order valence-corrected chi connectivity index (χ3v) is 2.68. The molecule has 0 radical (unpaired) electrons. The molecule has 0 amide bonds. The first-order chi connectivity index (χ1) is 5.60. The van der Waals surface area contributed by atoms with Gasteiger partial charge in [-0.1, -0.05) is 20.8 Å². The van der Waals surface area contributed by atoms with Gasteiger partial charge in [-0.15, -0.1) is 0 Å². The highest BCUT2D eigenvalue weighted by atomic mass is 16.5. The summed E-state index contributed by atoms with van der Waals surface area (Å²) in [5, 5.41) is 0. The highest BCUT2D eigenvalue weighted by Gasteiger charge is 2.36. The monoisotopic (exact) mass is 168 g/mol. The number of hydrogen-bond donors (Lipinski definition) is 0. The molecule has 0 N–H and O–H groups in total. The highest BCUT2D eigenvalue weighted by molar-refractivity contribution is 5.90. The van der Waals surface area contributed by atoms with Gasteiger partial charge in [0, 0.05) is 6.08 Å². The van der Waals surface area contributed by atoms with Crippen LogP contribution in [0, 0.1) is 5.92 Å². The van der Waals surface area contributed by atoms with Gasteiger partial charge in [-0.3, -0.25) is 4.79 Å². The van der Waals surface area contributed by atoms with Crippen molar-refractivity contribution in [1.82, 2.24) is 0 Å². The molecule has 68 valence electrons. The van der Waals surface area contributed by atoms with Gasteiger partial charge < -0.3 is 4.74 Å². The van der Waals surface area contributed by atoms with E-state index in [9.17, 15) is 4.79 Å². The number of ether oxygens (including phenoxy) is 1. The molecule has 1 atom stereocenters. The van der Waals surface area contributed by atoms with Crippen molar-refractivity contribution in [3.05, 3.63) is 12.3 Å². The van der Waals surface area contributed by atoms with Crippen LogP contribution in [0.2, 0.25) is 0 Å². The fraction of sp³-hybridized carbons (Fsp3) is 0.700. The lowest BCUT2D eigenvalue weighted by Gasteiger charge is -2.37. The van der Waals surface area contributed by atoms with Crippen LogP contribution in [-0.2, 0) is 9.53 Å². The molecule has 0 saturated carbocycles. The molecule has 1 aliphatic rings. The molecule has 2 nitrogen and oxygen atoms in total. The fourth-order valence-electron chi connectivity index (χ4n) is 1.60. The zero-order valence-electron chi connectivity index (χ0n) is 7.96. The Hall–Kier alpha value is -0.790. The summed E-state index contributed by atoms with van der Waals surface area (Å²) in [6.07, 6.45) is 4.46. The molecule has 0 aromatic heterocycles. The molecule has 1 unspecified atom stereocenters. The van der Waals surface area contributed by atoms with Crippen molar-refractivity contribution in [2.24, 2.45) is 5.92 Å². The molecule has 0 saturated heterocycles. The van der Waals surface area contributed by atoms with Crippen molar-refractivity contribution >= 4 is 5.78 Å². The van der Waals surface area contributed by atoms with Crippen LogP contribution >= 0.6 is 0 Å². The van der Waals surface area contributed by atoms with Gasteiger partial charge in [0.05, 0.1) is 12.7 Å². The molecule has 0 aromatic carbocycles. The molecule has 1 aliphatic heterocycles. The first-order valence-electron chi connectivity index (χ1n) is 4.48. The van der Waals surface area contributed by atoms with Crippen LogP contribution in [-0.4, -0.2) is 11.4 Å². The number of ketones is 1. The Balaban J connectivity index is 2.81. The molecule has 0 aromatic rings. The van der Waals surface area contributed by atoms with E-state index < -0.39 is 0 Å². The van der Waals surface area contributed by atoms with Crippen molar-refractivity contribution in [1.29, 1.82) is 0 Å². The number of rotatable bonds is 2. The summed E-state index contributed by atoms with van der Waals surface area (Å²) in [4.78, 5) is 11.2. The summed E-state index contributed by atoms with van der Waals surface area (Å²) in [5.41, 5.74) is -0.244. The van der Waals surface area contributed by atoms with Crippen molar-refractivity contribution in [2.75, 3.05) is 0 Å². The second kappa shape index (κ2) is 3.30. The molecule has 0 spiro atoms. The maximum atomic E-state index is 11.2. The van der Waals surface area contributed by atoms with E-state index >= 15 is 0 Å². The molecule has 0 bridgehead atoms. The Kier molecular flexibility index (Phi) is 2.55. The third kappa shape index (κ3) is 1.52. The first kappa shape index (κ1) is 9.30. The van der Waals surface area contributed by atoms with Crippen LogP contribution in [0.25, 0.3) is 0 Å². The Morgan fingerprint density at radius 1 is 1.67 bits per heavy atom. The van der Waals surface area contributed by atoms with E-state index in [4.69, 9.17) is 4.74 Å². The Bertz CT molecular complexity index is 206. The molecule has 2 heteroatoms. The summed E-state index contributed by atoms with van der Waals surface area (Å²) in [7, 11) is 0. The molecule has 1 rings (SSSR count). The van der Waals surface area contributed by atoms with Crippen LogP contribution in [0.3, 0.4) is 0 Å². The maximum absolute atomic E-state index is 11.2. The molecule has 0 aliphatic carbocycles. The predicted octanol–water partition coefficient (Wildman–Crippen LogP) is 2.29. The summed E-state index contributed by atoms with van der Waals surface area (Å²) < 4.78 is 5.55. The van der Waals surface area contributed by atoms with E-state index in [1.807, 2.05) is 0 Å². The van der Waals surface area contributed by atoms with Crippen molar-refractivity contribution < 1.29 is 9.53 Å². The van der Waals surface area contributed by atoms with Gasteiger partial charge in [0.25, 0.3) is 0 Å². The normalized spacial score (nSPS) is 29.2. The molecule has 0 fully saturated rings. The lowest BCUT2D eigenvalue weighted by molar-refractivity contribution is -0.125. The number of carbonyl (C=O) groups is 1.